The Balaban J connectivity index is 1.47. The van der Waals surface area contributed by atoms with Crippen LogP contribution >= 0.6 is 11.6 Å². The van der Waals surface area contributed by atoms with Gasteiger partial charge in [-0.05, 0) is 31.1 Å². The maximum atomic E-state index is 14.7. The minimum absolute atomic E-state index is 0.00339. The van der Waals surface area contributed by atoms with Crippen LogP contribution in [0.5, 0.6) is 0 Å². The molecule has 4 unspecified atom stereocenters. The summed E-state index contributed by atoms with van der Waals surface area (Å²) in [5.41, 5.74) is 0. The zero-order chi connectivity index (χ0) is 20.5. The highest BCUT2D eigenvalue weighted by molar-refractivity contribution is 6.20. The molecule has 0 radical (unpaired) electrons. The summed E-state index contributed by atoms with van der Waals surface area (Å²) >= 11 is 6.05. The zero-order valence-corrected chi connectivity index (χ0v) is 18.0. The molecule has 3 heterocycles. The van der Waals surface area contributed by atoms with Crippen LogP contribution in [0, 0.1) is 17.8 Å². The Morgan fingerprint density at radius 1 is 1.17 bits per heavy atom. The van der Waals surface area contributed by atoms with E-state index in [4.69, 9.17) is 16.3 Å². The Morgan fingerprint density at radius 2 is 1.86 bits per heavy atom. The Bertz CT molecular complexity index is 612. The highest BCUT2D eigenvalue weighted by Gasteiger charge is 2.50. The van der Waals surface area contributed by atoms with Crippen LogP contribution in [0.2, 0.25) is 0 Å². The summed E-state index contributed by atoms with van der Waals surface area (Å²) in [6.07, 6.45) is 4.00. The molecule has 4 fully saturated rings. The smallest absolute Gasteiger partial charge is 0.247 e. The number of piperidine rings is 1. The van der Waals surface area contributed by atoms with E-state index >= 15 is 0 Å². The number of carbonyl (C=O) groups is 2. The van der Waals surface area contributed by atoms with Crippen molar-refractivity contribution in [1.82, 2.24) is 15.1 Å². The van der Waals surface area contributed by atoms with E-state index in [0.29, 0.717) is 32.2 Å². The van der Waals surface area contributed by atoms with Crippen LogP contribution in [0.4, 0.5) is 4.39 Å². The Hall–Kier alpha value is -0.920. The van der Waals surface area contributed by atoms with E-state index in [2.05, 4.69) is 12.2 Å². The van der Waals surface area contributed by atoms with Gasteiger partial charge in [-0.1, -0.05) is 26.2 Å². The molecule has 0 bridgehead atoms. The van der Waals surface area contributed by atoms with E-state index in [1.165, 1.54) is 24.2 Å². The lowest BCUT2D eigenvalue weighted by Gasteiger charge is -2.50. The average Bonchev–Trinajstić information content (AvgIpc) is 2.66. The van der Waals surface area contributed by atoms with Gasteiger partial charge in [0.05, 0.1) is 13.2 Å². The average molecular weight is 430 g/mol. The lowest BCUT2D eigenvalue weighted by molar-refractivity contribution is -0.173. The van der Waals surface area contributed by atoms with Gasteiger partial charge in [0.2, 0.25) is 11.8 Å². The Morgan fingerprint density at radius 3 is 2.45 bits per heavy atom. The van der Waals surface area contributed by atoms with Crippen LogP contribution in [-0.2, 0) is 14.3 Å². The summed E-state index contributed by atoms with van der Waals surface area (Å²) in [7, 11) is 0. The predicted octanol–water partition coefficient (Wildman–Crippen LogP) is 2.15. The van der Waals surface area contributed by atoms with E-state index in [0.717, 1.165) is 18.8 Å². The first-order chi connectivity index (χ1) is 14.0. The van der Waals surface area contributed by atoms with Crippen molar-refractivity contribution >= 4 is 23.4 Å². The number of hydrogen-bond acceptors (Lipinski definition) is 4. The molecule has 1 aliphatic carbocycles. The summed E-state index contributed by atoms with van der Waals surface area (Å²) in [4.78, 5) is 29.8. The minimum atomic E-state index is -1.27. The van der Waals surface area contributed by atoms with Gasteiger partial charge in [-0.25, -0.2) is 4.39 Å². The molecule has 0 aromatic carbocycles. The van der Waals surface area contributed by atoms with Gasteiger partial charge in [-0.2, -0.15) is 0 Å². The van der Waals surface area contributed by atoms with Crippen LogP contribution in [0.25, 0.3) is 0 Å². The monoisotopic (exact) mass is 429 g/mol. The number of piperazine rings is 1. The number of hydrogen-bond donors (Lipinski definition) is 1. The lowest BCUT2D eigenvalue weighted by atomic mass is 9.80. The third-order valence-corrected chi connectivity index (χ3v) is 7.65. The molecule has 3 saturated heterocycles. The van der Waals surface area contributed by atoms with Crippen molar-refractivity contribution in [2.24, 2.45) is 17.8 Å². The van der Waals surface area contributed by atoms with Crippen LogP contribution < -0.4 is 5.32 Å². The van der Waals surface area contributed by atoms with Crippen molar-refractivity contribution < 1.29 is 18.7 Å². The molecule has 4 rings (SSSR count). The van der Waals surface area contributed by atoms with Gasteiger partial charge in [0.15, 0.2) is 0 Å². The van der Waals surface area contributed by atoms with Crippen molar-refractivity contribution in [1.29, 1.82) is 0 Å². The molecule has 164 valence electrons. The van der Waals surface area contributed by atoms with Crippen LogP contribution in [0.1, 0.15) is 45.4 Å². The molecule has 8 heteroatoms. The summed E-state index contributed by atoms with van der Waals surface area (Å²) in [6.45, 7) is 4.22. The lowest BCUT2D eigenvalue weighted by Crippen LogP contribution is -2.70. The summed E-state index contributed by atoms with van der Waals surface area (Å²) < 4.78 is 20.0. The number of nitrogens with zero attached hydrogens (tertiary/aromatic N) is 2. The first kappa shape index (κ1) is 21.3. The maximum absolute atomic E-state index is 14.7. The number of amides is 2. The second-order valence-electron chi connectivity index (χ2n) is 9.25. The molecule has 0 aromatic rings. The molecular formula is C21H33ClFN3O3. The van der Waals surface area contributed by atoms with Gasteiger partial charge in [-0.15, -0.1) is 11.6 Å². The van der Waals surface area contributed by atoms with E-state index in [9.17, 15) is 14.0 Å². The van der Waals surface area contributed by atoms with E-state index in [1.54, 1.807) is 4.90 Å². The van der Waals surface area contributed by atoms with Gasteiger partial charge in [0.1, 0.15) is 24.9 Å². The standard InChI is InChI=1S/C21H33ClFN3O3/c1-2-13-3-5-14(6-4-13)9-25-18(27)10-26(20-17(23)7-16(22)8-24-20)21(28)19(25)15-11-29-12-15/h13-17,19-20,24H,2-12H2,1H3. The van der Waals surface area contributed by atoms with Gasteiger partial charge < -0.3 is 14.5 Å². The van der Waals surface area contributed by atoms with Gasteiger partial charge in [0.25, 0.3) is 0 Å². The molecular weight excluding hydrogens is 397 g/mol. The number of nitrogens with one attached hydrogen (secondary N) is 1. The predicted molar refractivity (Wildman–Crippen MR) is 108 cm³/mol. The van der Waals surface area contributed by atoms with Crippen molar-refractivity contribution in [3.63, 3.8) is 0 Å². The van der Waals surface area contributed by atoms with Crippen molar-refractivity contribution in [2.75, 3.05) is 32.8 Å². The number of ether oxygens (including phenoxy) is 1. The zero-order valence-electron chi connectivity index (χ0n) is 17.2. The van der Waals surface area contributed by atoms with Gasteiger partial charge in [0, 0.05) is 24.4 Å². The molecule has 2 amide bonds. The van der Waals surface area contributed by atoms with E-state index in [1.807, 2.05) is 0 Å². The van der Waals surface area contributed by atoms with Crippen molar-refractivity contribution in [2.45, 2.75) is 69.2 Å². The molecule has 1 N–H and O–H groups in total. The topological polar surface area (TPSA) is 61.9 Å². The molecule has 0 spiro atoms. The number of alkyl halides is 2. The quantitative estimate of drug-likeness (QED) is 0.680. The third-order valence-electron chi connectivity index (χ3n) is 7.31. The first-order valence-corrected chi connectivity index (χ1v) is 11.6. The Kier molecular flexibility index (Phi) is 6.66. The van der Waals surface area contributed by atoms with Crippen LogP contribution in [0.15, 0.2) is 0 Å². The van der Waals surface area contributed by atoms with Crippen molar-refractivity contribution in [3.05, 3.63) is 0 Å². The maximum Gasteiger partial charge on any atom is 0.247 e. The first-order valence-electron chi connectivity index (χ1n) is 11.2. The highest BCUT2D eigenvalue weighted by atomic mass is 35.5. The second kappa shape index (κ2) is 9.06. The molecule has 4 atom stereocenters. The van der Waals surface area contributed by atoms with Crippen LogP contribution in [0.3, 0.4) is 0 Å². The number of halogens is 2. The molecule has 4 aliphatic rings. The Labute approximate surface area is 177 Å². The summed E-state index contributed by atoms with van der Waals surface area (Å²) in [5, 5.41) is 2.75. The second-order valence-corrected chi connectivity index (χ2v) is 9.87. The number of carbonyl (C=O) groups excluding carboxylic acids is 2. The van der Waals surface area contributed by atoms with Gasteiger partial charge in [-0.3, -0.25) is 14.9 Å². The fourth-order valence-corrected chi connectivity index (χ4v) is 5.61. The number of rotatable bonds is 5. The van der Waals surface area contributed by atoms with E-state index in [-0.39, 0.29) is 36.1 Å². The van der Waals surface area contributed by atoms with Gasteiger partial charge >= 0.3 is 0 Å². The third kappa shape index (κ3) is 4.42. The fourth-order valence-electron chi connectivity index (χ4n) is 5.35. The largest absolute Gasteiger partial charge is 0.380 e. The normalized spacial score (nSPS) is 39.6. The van der Waals surface area contributed by atoms with Crippen LogP contribution in [-0.4, -0.2) is 78.2 Å². The summed E-state index contributed by atoms with van der Waals surface area (Å²) in [5.74, 6) is 1.03. The van der Waals surface area contributed by atoms with E-state index < -0.39 is 18.4 Å². The summed E-state index contributed by atoms with van der Waals surface area (Å²) in [6, 6.07) is -0.531. The fraction of sp³-hybridized carbons (Fsp3) is 0.905. The SMILES string of the molecule is CCC1CCC(CN2C(=O)CN(C3NCC(Cl)CC3F)C(=O)C2C2COC2)CC1. The molecule has 1 saturated carbocycles. The molecule has 0 aromatic heterocycles. The molecule has 6 nitrogen and oxygen atoms in total. The van der Waals surface area contributed by atoms with Crippen molar-refractivity contribution in [3.8, 4) is 0 Å². The highest BCUT2D eigenvalue weighted by Crippen LogP contribution is 2.34. The minimum Gasteiger partial charge on any atom is -0.380 e. The molecule has 3 aliphatic heterocycles. The molecule has 29 heavy (non-hydrogen) atoms.